The van der Waals surface area contributed by atoms with Gasteiger partial charge in [0, 0.05) is 12.6 Å². The molecule has 1 heterocycles. The third-order valence-corrected chi connectivity index (χ3v) is 3.86. The lowest BCUT2D eigenvalue weighted by atomic mass is 10.1. The molecule has 2 rings (SSSR count). The molecule has 1 fully saturated rings. The Balaban J connectivity index is 1.68. The normalized spacial score (nSPS) is 18.4. The number of ether oxygens (including phenoxy) is 2. The van der Waals surface area contributed by atoms with Crippen molar-refractivity contribution in [3.05, 3.63) is 24.3 Å². The van der Waals surface area contributed by atoms with Crippen molar-refractivity contribution in [2.24, 2.45) is 0 Å². The lowest BCUT2D eigenvalue weighted by molar-refractivity contribution is 0.0980. The second-order valence-electron chi connectivity index (χ2n) is 5.60. The van der Waals surface area contributed by atoms with Crippen molar-refractivity contribution in [2.45, 2.75) is 25.0 Å². The Hall–Kier alpha value is -1.30. The molecule has 1 unspecified atom stereocenters. The van der Waals surface area contributed by atoms with Gasteiger partial charge in [0.05, 0.1) is 7.11 Å². The van der Waals surface area contributed by atoms with Gasteiger partial charge in [-0.05, 0) is 45.1 Å². The predicted octanol–water partition coefficient (Wildman–Crippen LogP) is 1.12. The predicted molar refractivity (Wildman–Crippen MR) is 83.0 cm³/mol. The van der Waals surface area contributed by atoms with Gasteiger partial charge in [0.25, 0.3) is 0 Å². The molecule has 5 heteroatoms. The molecule has 0 aliphatic carbocycles. The highest BCUT2D eigenvalue weighted by atomic mass is 16.5. The van der Waals surface area contributed by atoms with Crippen LogP contribution in [0.15, 0.2) is 24.3 Å². The molecule has 0 bridgehead atoms. The summed E-state index contributed by atoms with van der Waals surface area (Å²) in [5.74, 6) is 1.35. The van der Waals surface area contributed by atoms with Gasteiger partial charge < -0.3 is 24.8 Å². The first kappa shape index (κ1) is 16.1. The molecule has 118 valence electrons. The van der Waals surface area contributed by atoms with E-state index in [1.807, 2.05) is 24.3 Å². The first-order valence-corrected chi connectivity index (χ1v) is 7.55. The Morgan fingerprint density at radius 3 is 2.62 bits per heavy atom. The summed E-state index contributed by atoms with van der Waals surface area (Å²) in [6.45, 7) is 3.06. The Morgan fingerprint density at radius 1 is 1.29 bits per heavy atom. The highest BCUT2D eigenvalue weighted by Crippen LogP contribution is 2.25. The monoisotopic (exact) mass is 294 g/mol. The molecule has 0 saturated carbocycles. The van der Waals surface area contributed by atoms with Crippen LogP contribution in [-0.4, -0.2) is 62.6 Å². The first-order chi connectivity index (χ1) is 10.2. The number of methoxy groups -OCH3 is 1. The van der Waals surface area contributed by atoms with Gasteiger partial charge in [0.2, 0.25) is 0 Å². The summed E-state index contributed by atoms with van der Waals surface area (Å²) in [6.07, 6.45) is 1.75. The van der Waals surface area contributed by atoms with E-state index in [4.69, 9.17) is 9.47 Å². The van der Waals surface area contributed by atoms with E-state index >= 15 is 0 Å². The fourth-order valence-corrected chi connectivity index (χ4v) is 2.50. The van der Waals surface area contributed by atoms with E-state index in [0.29, 0.717) is 24.1 Å². The largest absolute Gasteiger partial charge is 0.493 e. The fraction of sp³-hybridized carbons (Fsp3) is 0.625. The molecule has 1 saturated heterocycles. The minimum atomic E-state index is -0.519. The third kappa shape index (κ3) is 5.19. The molecule has 1 atom stereocenters. The van der Waals surface area contributed by atoms with Crippen LogP contribution in [0.2, 0.25) is 0 Å². The van der Waals surface area contributed by atoms with E-state index in [9.17, 15) is 5.11 Å². The van der Waals surface area contributed by atoms with Gasteiger partial charge >= 0.3 is 0 Å². The summed E-state index contributed by atoms with van der Waals surface area (Å²) >= 11 is 0. The van der Waals surface area contributed by atoms with E-state index in [-0.39, 0.29) is 6.61 Å². The molecular formula is C16H26N2O3. The van der Waals surface area contributed by atoms with E-state index < -0.39 is 6.10 Å². The molecule has 1 aliphatic rings. The van der Waals surface area contributed by atoms with Crippen molar-refractivity contribution in [3.8, 4) is 11.5 Å². The summed E-state index contributed by atoms with van der Waals surface area (Å²) in [5, 5.41) is 13.4. The first-order valence-electron chi connectivity index (χ1n) is 7.55. The lowest BCUT2D eigenvalue weighted by Gasteiger charge is -2.30. The highest BCUT2D eigenvalue weighted by molar-refractivity contribution is 5.39. The number of rotatable bonds is 7. The van der Waals surface area contributed by atoms with Gasteiger partial charge in [-0.2, -0.15) is 0 Å². The molecule has 0 radical (unpaired) electrons. The van der Waals surface area contributed by atoms with Gasteiger partial charge in [-0.1, -0.05) is 12.1 Å². The van der Waals surface area contributed by atoms with Crippen LogP contribution < -0.4 is 14.8 Å². The van der Waals surface area contributed by atoms with E-state index in [0.717, 1.165) is 25.9 Å². The fourth-order valence-electron chi connectivity index (χ4n) is 2.50. The Labute approximate surface area is 126 Å². The molecule has 0 spiro atoms. The molecule has 0 aromatic heterocycles. The quantitative estimate of drug-likeness (QED) is 0.789. The van der Waals surface area contributed by atoms with Crippen molar-refractivity contribution < 1.29 is 14.6 Å². The Morgan fingerprint density at radius 2 is 1.95 bits per heavy atom. The van der Waals surface area contributed by atoms with Gasteiger partial charge in [0.1, 0.15) is 12.7 Å². The Kier molecular flexibility index (Phi) is 6.29. The van der Waals surface area contributed by atoms with Crippen LogP contribution in [-0.2, 0) is 0 Å². The number of aliphatic hydroxyl groups excluding tert-OH is 1. The van der Waals surface area contributed by atoms with Crippen molar-refractivity contribution in [1.29, 1.82) is 0 Å². The summed E-state index contributed by atoms with van der Waals surface area (Å²) in [7, 11) is 3.76. The number of hydrogen-bond acceptors (Lipinski definition) is 5. The lowest BCUT2D eigenvalue weighted by Crippen LogP contribution is -2.44. The number of hydrogen-bond donors (Lipinski definition) is 2. The minimum Gasteiger partial charge on any atom is -0.493 e. The smallest absolute Gasteiger partial charge is 0.161 e. The SMILES string of the molecule is COc1ccccc1OCC(O)CNC1CCN(C)CC1. The molecule has 5 nitrogen and oxygen atoms in total. The van der Waals surface area contributed by atoms with E-state index in [2.05, 4.69) is 17.3 Å². The number of benzene rings is 1. The maximum Gasteiger partial charge on any atom is 0.161 e. The second kappa shape index (κ2) is 8.22. The van der Waals surface area contributed by atoms with Crippen molar-refractivity contribution in [3.63, 3.8) is 0 Å². The molecule has 21 heavy (non-hydrogen) atoms. The molecule has 0 amide bonds. The zero-order chi connectivity index (χ0) is 15.1. The van der Waals surface area contributed by atoms with Crippen LogP contribution in [0.5, 0.6) is 11.5 Å². The molecule has 1 aliphatic heterocycles. The summed E-state index contributed by atoms with van der Waals surface area (Å²) < 4.78 is 10.8. The molecular weight excluding hydrogens is 268 g/mol. The summed E-state index contributed by atoms with van der Waals surface area (Å²) in [4.78, 5) is 2.33. The average molecular weight is 294 g/mol. The number of nitrogens with one attached hydrogen (secondary N) is 1. The summed E-state index contributed by atoms with van der Waals surface area (Å²) in [6, 6.07) is 7.97. The van der Waals surface area contributed by atoms with Gasteiger partial charge in [-0.15, -0.1) is 0 Å². The van der Waals surface area contributed by atoms with Crippen LogP contribution in [0.3, 0.4) is 0 Å². The molecule has 2 N–H and O–H groups in total. The third-order valence-electron chi connectivity index (χ3n) is 3.86. The molecule has 1 aromatic rings. The zero-order valence-electron chi connectivity index (χ0n) is 12.9. The second-order valence-corrected chi connectivity index (χ2v) is 5.60. The number of piperidine rings is 1. The summed E-state index contributed by atoms with van der Waals surface area (Å²) in [5.41, 5.74) is 0. The zero-order valence-corrected chi connectivity index (χ0v) is 12.9. The van der Waals surface area contributed by atoms with Crippen LogP contribution >= 0.6 is 0 Å². The number of aliphatic hydroxyl groups is 1. The van der Waals surface area contributed by atoms with E-state index in [1.165, 1.54) is 0 Å². The topological polar surface area (TPSA) is 54.0 Å². The van der Waals surface area contributed by atoms with Crippen molar-refractivity contribution in [1.82, 2.24) is 10.2 Å². The van der Waals surface area contributed by atoms with Crippen LogP contribution in [0, 0.1) is 0 Å². The standard InChI is InChI=1S/C16H26N2O3/c1-18-9-7-13(8-10-18)17-11-14(19)12-21-16-6-4-3-5-15(16)20-2/h3-6,13-14,17,19H,7-12H2,1-2H3. The number of nitrogens with zero attached hydrogens (tertiary/aromatic N) is 1. The van der Waals surface area contributed by atoms with Gasteiger partial charge in [-0.25, -0.2) is 0 Å². The van der Waals surface area contributed by atoms with Crippen LogP contribution in [0.4, 0.5) is 0 Å². The molecule has 1 aromatic carbocycles. The number of likely N-dealkylation sites (tertiary alicyclic amines) is 1. The van der Waals surface area contributed by atoms with Crippen molar-refractivity contribution in [2.75, 3.05) is 40.4 Å². The minimum absolute atomic E-state index is 0.264. The highest BCUT2D eigenvalue weighted by Gasteiger charge is 2.17. The van der Waals surface area contributed by atoms with Gasteiger partial charge in [-0.3, -0.25) is 0 Å². The van der Waals surface area contributed by atoms with Crippen LogP contribution in [0.25, 0.3) is 0 Å². The number of para-hydroxylation sites is 2. The maximum absolute atomic E-state index is 10.0. The van der Waals surface area contributed by atoms with E-state index in [1.54, 1.807) is 7.11 Å². The Bertz CT molecular complexity index is 420. The average Bonchev–Trinajstić information content (AvgIpc) is 2.52. The van der Waals surface area contributed by atoms with Gasteiger partial charge in [0.15, 0.2) is 11.5 Å². The maximum atomic E-state index is 10.0. The van der Waals surface area contributed by atoms with Crippen LogP contribution in [0.1, 0.15) is 12.8 Å². The van der Waals surface area contributed by atoms with Crippen molar-refractivity contribution >= 4 is 0 Å².